The number of Topliss-reactive ketones (excluding diaryl/α,β-unsaturated/α-hetero) is 3. The van der Waals surface area contributed by atoms with E-state index >= 15 is 0 Å². The van der Waals surface area contributed by atoms with Crippen LogP contribution in [0.2, 0.25) is 0 Å². The lowest BCUT2D eigenvalue weighted by Crippen LogP contribution is -2.61. The first-order valence-corrected chi connectivity index (χ1v) is 27.8. The fourth-order valence-electron chi connectivity index (χ4n) is 11.4. The number of aliphatic hydroxyl groups is 2. The number of ketones is 3. The van der Waals surface area contributed by atoms with Crippen molar-refractivity contribution < 1.29 is 76.9 Å². The minimum atomic E-state index is -2.46. The number of fused-ring (bicyclic) bond motifs is 3. The van der Waals surface area contributed by atoms with Gasteiger partial charge in [0.2, 0.25) is 5.79 Å². The number of allylic oxidation sites excluding steroid dienone is 6. The zero-order chi connectivity index (χ0) is 56.3. The molecule has 0 aromatic heterocycles. The van der Waals surface area contributed by atoms with Gasteiger partial charge in [0.15, 0.2) is 11.6 Å². The topological polar surface area (TPSA) is 220 Å². The third kappa shape index (κ3) is 16.1. The molecule has 0 unspecified atom stereocenters. The van der Waals surface area contributed by atoms with E-state index in [1.54, 1.807) is 61.8 Å². The van der Waals surface area contributed by atoms with Gasteiger partial charge in [-0.1, -0.05) is 71.1 Å². The largest absolute Gasteiger partial charge is 0.460 e. The van der Waals surface area contributed by atoms with Crippen molar-refractivity contribution in [1.29, 1.82) is 0 Å². The molecular formula is C59H91NO16. The molecule has 2 bridgehead atoms. The summed E-state index contributed by atoms with van der Waals surface area (Å²) in [7, 11) is 4.52. The number of hydrogen-bond acceptors (Lipinski definition) is 16. The van der Waals surface area contributed by atoms with E-state index in [1.165, 1.54) is 12.0 Å². The molecule has 428 valence electrons. The highest BCUT2D eigenvalue weighted by atomic mass is 16.7. The Labute approximate surface area is 451 Å². The maximum atomic E-state index is 14.6. The first-order valence-electron chi connectivity index (χ1n) is 27.8. The van der Waals surface area contributed by atoms with Crippen LogP contribution >= 0.6 is 0 Å². The van der Waals surface area contributed by atoms with Crippen LogP contribution in [0.15, 0.2) is 47.6 Å². The highest BCUT2D eigenvalue weighted by Gasteiger charge is 2.53. The Morgan fingerprint density at radius 2 is 1.53 bits per heavy atom. The first-order chi connectivity index (χ1) is 35.8. The van der Waals surface area contributed by atoms with Crippen molar-refractivity contribution in [3.63, 3.8) is 0 Å². The lowest BCUT2D eigenvalue weighted by Gasteiger charge is -2.43. The molecule has 76 heavy (non-hydrogen) atoms. The van der Waals surface area contributed by atoms with Crippen LogP contribution in [0.1, 0.15) is 146 Å². The number of rotatable bonds is 8. The van der Waals surface area contributed by atoms with Crippen LogP contribution < -0.4 is 0 Å². The van der Waals surface area contributed by atoms with Gasteiger partial charge in [-0.15, -0.1) is 0 Å². The standard InChI is InChI=1S/C59H91NO16/c1-35-19-15-14-16-20-36(2)47(69-11)31-43-24-22-41(7)59(68,76-43)53(64)54(65)60-26-18-17-21-44(60)55(66)74-48(32-45(61)37(3)28-40(6)51(63)52(71-13)50(62)39(5)27-35)38(4)29-42-23-25-46(49(30-42)70-12)75-56(67)58(10)33-72-57(8,9)73-34-58/h14-16,19-20,28,35,37-39,41-44,46-49,51-52,63,68H,17-18,21-27,29-34H2,1-13H3/b16-14-,19-15-,36-20-,40-28-/t35-,37-,38-,39-,41-,42+,43+,44+,46-,47+,48+,49-,51-,52+,59-/m1/s1. The third-order valence-electron chi connectivity index (χ3n) is 16.7. The Morgan fingerprint density at radius 1 is 0.829 bits per heavy atom. The van der Waals surface area contributed by atoms with Gasteiger partial charge in [-0.3, -0.25) is 24.0 Å². The van der Waals surface area contributed by atoms with Crippen LogP contribution in [0.3, 0.4) is 0 Å². The second-order valence-electron chi connectivity index (χ2n) is 23.5. The molecule has 1 saturated carbocycles. The monoisotopic (exact) mass is 1070 g/mol. The first kappa shape index (κ1) is 62.9. The summed E-state index contributed by atoms with van der Waals surface area (Å²) < 4.78 is 47.6. The van der Waals surface area contributed by atoms with E-state index in [1.807, 2.05) is 58.1 Å². The van der Waals surface area contributed by atoms with Crippen molar-refractivity contribution in [3.05, 3.63) is 47.6 Å². The second kappa shape index (κ2) is 27.8. The Morgan fingerprint density at radius 3 is 2.18 bits per heavy atom. The van der Waals surface area contributed by atoms with Crippen LogP contribution in [0.4, 0.5) is 0 Å². The number of aliphatic hydroxyl groups excluding tert-OH is 1. The smallest absolute Gasteiger partial charge is 0.329 e. The van der Waals surface area contributed by atoms with Crippen molar-refractivity contribution in [2.45, 2.75) is 207 Å². The number of ether oxygens (including phenoxy) is 8. The van der Waals surface area contributed by atoms with E-state index in [0.717, 1.165) is 5.57 Å². The molecule has 17 nitrogen and oxygen atoms in total. The molecule has 1 amide bonds. The summed E-state index contributed by atoms with van der Waals surface area (Å²) in [4.78, 5) is 86.3. The molecule has 4 fully saturated rings. The average Bonchev–Trinajstić information content (AvgIpc) is 3.39. The van der Waals surface area contributed by atoms with Gasteiger partial charge in [-0.2, -0.15) is 0 Å². The Hall–Kier alpha value is -3.94. The van der Waals surface area contributed by atoms with Crippen LogP contribution in [-0.4, -0.2) is 152 Å². The fourth-order valence-corrected chi connectivity index (χ4v) is 11.4. The highest BCUT2D eigenvalue weighted by molar-refractivity contribution is 6.39. The highest BCUT2D eigenvalue weighted by Crippen LogP contribution is 2.39. The van der Waals surface area contributed by atoms with Gasteiger partial charge in [-0.05, 0) is 128 Å². The molecule has 5 rings (SSSR count). The normalized spacial score (nSPS) is 38.8. The minimum Gasteiger partial charge on any atom is -0.460 e. The minimum absolute atomic E-state index is 0.000496. The van der Waals surface area contributed by atoms with Crippen molar-refractivity contribution in [1.82, 2.24) is 4.90 Å². The Bertz CT molecular complexity index is 2140. The molecule has 0 radical (unpaired) electrons. The van der Waals surface area contributed by atoms with E-state index in [-0.39, 0.29) is 56.0 Å². The van der Waals surface area contributed by atoms with Crippen molar-refractivity contribution in [2.24, 2.45) is 40.9 Å². The van der Waals surface area contributed by atoms with Crippen molar-refractivity contribution in [3.8, 4) is 0 Å². The SMILES string of the molecule is CO[C@H]1C[C@@H]2CC[C@@H](C)[C@@](O)(O2)C(=O)C(=O)N2CCCC[C@H]2C(=O)O[C@H]([C@H](C)C[C@@H]2CC[C@@H](OC(=O)C3(C)COC(C)(C)OC3)[C@H](OC)C2)CC(=O)[C@H](C)/C=C(/C)[C@@H](O)[C@@H](OC)C(=O)[C@H](C)C[C@H](C)\C=C/C=C\C=C/1C. The lowest BCUT2D eigenvalue weighted by atomic mass is 9.78. The number of carbonyl (C=O) groups is 6. The van der Waals surface area contributed by atoms with E-state index < -0.39 is 113 Å². The van der Waals surface area contributed by atoms with Gasteiger partial charge in [0.1, 0.15) is 41.7 Å². The Kier molecular flexibility index (Phi) is 23.0. The number of cyclic esters (lactones) is 1. The number of amides is 1. The average molecular weight is 1070 g/mol. The molecule has 5 aliphatic rings. The molecule has 17 heteroatoms. The summed E-state index contributed by atoms with van der Waals surface area (Å²) in [6.07, 6.45) is 10.5. The lowest BCUT2D eigenvalue weighted by molar-refractivity contribution is -0.283. The van der Waals surface area contributed by atoms with E-state index in [4.69, 9.17) is 37.9 Å². The molecule has 1 aliphatic carbocycles. The number of hydrogen-bond donors (Lipinski definition) is 2. The molecule has 0 aromatic rings. The van der Waals surface area contributed by atoms with Crippen LogP contribution in [0, 0.1) is 40.9 Å². The van der Waals surface area contributed by atoms with E-state index in [2.05, 4.69) is 0 Å². The van der Waals surface area contributed by atoms with Gasteiger partial charge >= 0.3 is 11.9 Å². The number of piperidine rings is 1. The molecule has 2 N–H and O–H groups in total. The zero-order valence-corrected chi connectivity index (χ0v) is 47.7. The van der Waals surface area contributed by atoms with Gasteiger partial charge in [-0.25, -0.2) is 4.79 Å². The molecule has 0 spiro atoms. The molecule has 0 aromatic carbocycles. The van der Waals surface area contributed by atoms with Gasteiger partial charge in [0.05, 0.1) is 31.5 Å². The molecule has 4 heterocycles. The number of methoxy groups -OCH3 is 3. The number of esters is 2. The Balaban J connectivity index is 1.43. The molecule has 3 saturated heterocycles. The zero-order valence-electron chi connectivity index (χ0n) is 47.7. The number of nitrogens with zero attached hydrogens (tertiary/aromatic N) is 1. The molecule has 4 aliphatic heterocycles. The van der Waals surface area contributed by atoms with Crippen molar-refractivity contribution in [2.75, 3.05) is 41.1 Å². The summed E-state index contributed by atoms with van der Waals surface area (Å²) in [5.74, 6) is -9.63. The van der Waals surface area contributed by atoms with E-state index in [0.29, 0.717) is 69.8 Å². The van der Waals surface area contributed by atoms with Crippen LogP contribution in [0.25, 0.3) is 0 Å². The predicted molar refractivity (Wildman–Crippen MR) is 283 cm³/mol. The summed E-state index contributed by atoms with van der Waals surface area (Å²) >= 11 is 0. The van der Waals surface area contributed by atoms with Gasteiger partial charge in [0.25, 0.3) is 11.7 Å². The maximum absolute atomic E-state index is 14.6. The van der Waals surface area contributed by atoms with Gasteiger partial charge < -0.3 is 53.0 Å². The second-order valence-corrected chi connectivity index (χ2v) is 23.5. The van der Waals surface area contributed by atoms with Crippen LogP contribution in [0.5, 0.6) is 0 Å². The maximum Gasteiger partial charge on any atom is 0.329 e. The van der Waals surface area contributed by atoms with Crippen molar-refractivity contribution >= 4 is 35.2 Å². The van der Waals surface area contributed by atoms with Gasteiger partial charge in [0, 0.05) is 58.5 Å². The summed E-state index contributed by atoms with van der Waals surface area (Å²) in [5.41, 5.74) is 0.243. The van der Waals surface area contributed by atoms with Crippen LogP contribution in [-0.2, 0) is 66.7 Å². The molecular weight excluding hydrogens is 979 g/mol. The third-order valence-corrected chi connectivity index (χ3v) is 16.7. The summed E-state index contributed by atoms with van der Waals surface area (Å²) in [6, 6.07) is -1.18. The quantitative estimate of drug-likeness (QED) is 0.136. The number of carbonyl (C=O) groups excluding carboxylic acids is 6. The fraction of sp³-hybridized carbons (Fsp3) is 0.763. The summed E-state index contributed by atoms with van der Waals surface area (Å²) in [5, 5.41) is 23.6. The van der Waals surface area contributed by atoms with E-state index in [9.17, 15) is 39.0 Å². The summed E-state index contributed by atoms with van der Waals surface area (Å²) in [6.45, 7) is 18.3. The molecule has 15 atom stereocenters. The predicted octanol–water partition coefficient (Wildman–Crippen LogP) is 7.52.